The van der Waals surface area contributed by atoms with Crippen LogP contribution in [-0.2, 0) is 38.8 Å². The van der Waals surface area contributed by atoms with Crippen molar-refractivity contribution in [2.75, 3.05) is 5.75 Å². The third-order valence-electron chi connectivity index (χ3n) is 5.91. The molecule has 4 nitrogen and oxygen atoms in total. The van der Waals surface area contributed by atoms with E-state index in [-0.39, 0.29) is 29.9 Å². The predicted molar refractivity (Wildman–Crippen MR) is 138 cm³/mol. The lowest BCUT2D eigenvalue weighted by atomic mass is 9.99. The highest BCUT2D eigenvalue weighted by Gasteiger charge is 2.46. The zero-order valence-corrected chi connectivity index (χ0v) is 20.7. The van der Waals surface area contributed by atoms with Gasteiger partial charge in [0.25, 0.3) is 0 Å². The molecule has 1 saturated heterocycles. The number of hydrogen-bond acceptors (Lipinski definition) is 5. The third kappa shape index (κ3) is 6.94. The van der Waals surface area contributed by atoms with Crippen molar-refractivity contribution >= 4 is 11.8 Å². The Bertz CT molecular complexity index is 954. The zero-order chi connectivity index (χ0) is 23.6. The van der Waals surface area contributed by atoms with Gasteiger partial charge in [-0.15, -0.1) is 11.8 Å². The van der Waals surface area contributed by atoms with E-state index in [0.29, 0.717) is 19.8 Å². The Hall–Kier alpha value is -2.15. The molecule has 0 aliphatic carbocycles. The van der Waals surface area contributed by atoms with Gasteiger partial charge in [0.05, 0.1) is 25.9 Å². The van der Waals surface area contributed by atoms with Crippen LogP contribution in [0.4, 0.5) is 0 Å². The van der Waals surface area contributed by atoms with Gasteiger partial charge in [-0.25, -0.2) is 0 Å². The minimum Gasteiger partial charge on any atom is -0.368 e. The molecular formula is C29H34O4S. The zero-order valence-electron chi connectivity index (χ0n) is 19.9. The number of benzene rings is 3. The summed E-state index contributed by atoms with van der Waals surface area (Å²) in [7, 11) is 0. The van der Waals surface area contributed by atoms with Gasteiger partial charge in [-0.05, 0) is 29.4 Å². The predicted octanol–water partition coefficient (Wildman–Crippen LogP) is 6.24. The summed E-state index contributed by atoms with van der Waals surface area (Å²) in [5.74, 6) is 0.934. The number of rotatable bonds is 11. The summed E-state index contributed by atoms with van der Waals surface area (Å²) >= 11 is 1.76. The Balaban J connectivity index is 1.55. The summed E-state index contributed by atoms with van der Waals surface area (Å²) < 4.78 is 26.0. The summed E-state index contributed by atoms with van der Waals surface area (Å²) in [6, 6.07) is 30.7. The van der Waals surface area contributed by atoms with Gasteiger partial charge in [0.15, 0.2) is 0 Å². The van der Waals surface area contributed by atoms with Crippen LogP contribution in [0.15, 0.2) is 91.0 Å². The third-order valence-corrected chi connectivity index (χ3v) is 6.96. The first-order valence-corrected chi connectivity index (χ1v) is 13.0. The number of hydrogen-bond donors (Lipinski definition) is 0. The lowest BCUT2D eigenvalue weighted by Gasteiger charge is -2.45. The van der Waals surface area contributed by atoms with E-state index in [9.17, 15) is 0 Å². The molecule has 4 rings (SSSR count). The molecule has 34 heavy (non-hydrogen) atoms. The van der Waals surface area contributed by atoms with Crippen LogP contribution in [-0.4, -0.2) is 35.6 Å². The normalized spacial score (nSPS) is 24.7. The molecule has 0 spiro atoms. The Morgan fingerprint density at radius 1 is 0.618 bits per heavy atom. The van der Waals surface area contributed by atoms with Gasteiger partial charge in [0.2, 0.25) is 0 Å². The molecule has 3 aromatic rings. The largest absolute Gasteiger partial charge is 0.368 e. The molecule has 180 valence electrons. The molecule has 3 aromatic carbocycles. The summed E-state index contributed by atoms with van der Waals surface area (Å²) in [5.41, 5.74) is 3.26. The molecule has 0 N–H and O–H groups in total. The van der Waals surface area contributed by atoms with Crippen LogP contribution < -0.4 is 0 Å². The lowest BCUT2D eigenvalue weighted by Crippen LogP contribution is -2.58. The fraction of sp³-hybridized carbons (Fsp3) is 0.379. The number of ether oxygens (including phenoxy) is 4. The molecule has 0 amide bonds. The van der Waals surface area contributed by atoms with Gasteiger partial charge in [0, 0.05) is 0 Å². The Morgan fingerprint density at radius 3 is 1.47 bits per heavy atom. The SMILES string of the molecule is CCSC1O[C@@H](C)[C@@H](OCc2ccccc2)[C@@H](OCc2ccccc2)[C@@H]1OCc1ccccc1. The van der Waals surface area contributed by atoms with Crippen LogP contribution in [0.3, 0.4) is 0 Å². The van der Waals surface area contributed by atoms with E-state index < -0.39 is 0 Å². The van der Waals surface area contributed by atoms with Crippen LogP contribution in [0.5, 0.6) is 0 Å². The minimum atomic E-state index is -0.263. The van der Waals surface area contributed by atoms with E-state index in [1.807, 2.05) is 54.6 Å². The highest BCUT2D eigenvalue weighted by Crippen LogP contribution is 2.34. The smallest absolute Gasteiger partial charge is 0.132 e. The maximum Gasteiger partial charge on any atom is 0.132 e. The van der Waals surface area contributed by atoms with Crippen molar-refractivity contribution in [3.63, 3.8) is 0 Å². The number of thioether (sulfide) groups is 1. The van der Waals surface area contributed by atoms with E-state index >= 15 is 0 Å². The molecule has 1 aliphatic heterocycles. The standard InChI is InChI=1S/C29H34O4S/c1-3-34-29-28(32-21-25-17-11-6-12-18-25)27(31-20-24-15-9-5-10-16-24)26(22(2)33-29)30-19-23-13-7-4-8-14-23/h4-18,22,26-29H,3,19-21H2,1-2H3/t22-,26+,27+,28-,29?/m0/s1. The van der Waals surface area contributed by atoms with Crippen molar-refractivity contribution in [1.29, 1.82) is 0 Å². The van der Waals surface area contributed by atoms with E-state index in [2.05, 4.69) is 50.2 Å². The first kappa shape index (κ1) is 25.0. The highest BCUT2D eigenvalue weighted by atomic mass is 32.2. The molecule has 1 aliphatic rings. The van der Waals surface area contributed by atoms with E-state index in [4.69, 9.17) is 18.9 Å². The van der Waals surface area contributed by atoms with Crippen LogP contribution in [0.2, 0.25) is 0 Å². The molecule has 0 bridgehead atoms. The van der Waals surface area contributed by atoms with Gasteiger partial charge in [-0.2, -0.15) is 0 Å². The fourth-order valence-corrected chi connectivity index (χ4v) is 5.17. The lowest BCUT2D eigenvalue weighted by molar-refractivity contribution is -0.242. The van der Waals surface area contributed by atoms with Crippen LogP contribution >= 0.6 is 11.8 Å². The van der Waals surface area contributed by atoms with Crippen molar-refractivity contribution < 1.29 is 18.9 Å². The second-order valence-electron chi connectivity index (χ2n) is 8.45. The fourth-order valence-electron chi connectivity index (χ4n) is 4.17. The van der Waals surface area contributed by atoms with Crippen molar-refractivity contribution in [3.8, 4) is 0 Å². The average Bonchev–Trinajstić information content (AvgIpc) is 2.88. The second kappa shape index (κ2) is 13.1. The first-order valence-electron chi connectivity index (χ1n) is 12.0. The van der Waals surface area contributed by atoms with Crippen LogP contribution in [0.25, 0.3) is 0 Å². The van der Waals surface area contributed by atoms with E-state index in [0.717, 1.165) is 22.4 Å². The van der Waals surface area contributed by atoms with Gasteiger partial charge in [0.1, 0.15) is 23.7 Å². The van der Waals surface area contributed by atoms with Gasteiger partial charge < -0.3 is 18.9 Å². The summed E-state index contributed by atoms with van der Waals surface area (Å²) in [4.78, 5) is 0. The summed E-state index contributed by atoms with van der Waals surface area (Å²) in [6.07, 6.45) is -0.894. The monoisotopic (exact) mass is 478 g/mol. The molecular weight excluding hydrogens is 444 g/mol. The van der Waals surface area contributed by atoms with Gasteiger partial charge in [-0.1, -0.05) is 97.9 Å². The van der Waals surface area contributed by atoms with Crippen LogP contribution in [0, 0.1) is 0 Å². The minimum absolute atomic E-state index is 0.120. The van der Waals surface area contributed by atoms with Crippen molar-refractivity contribution in [1.82, 2.24) is 0 Å². The highest BCUT2D eigenvalue weighted by molar-refractivity contribution is 7.99. The second-order valence-corrected chi connectivity index (χ2v) is 9.82. The van der Waals surface area contributed by atoms with E-state index in [1.54, 1.807) is 11.8 Å². The van der Waals surface area contributed by atoms with Crippen LogP contribution in [0.1, 0.15) is 30.5 Å². The molecule has 1 fully saturated rings. The molecule has 1 heterocycles. The Labute approximate surface area is 207 Å². The van der Waals surface area contributed by atoms with Crippen molar-refractivity contribution in [3.05, 3.63) is 108 Å². The van der Waals surface area contributed by atoms with Gasteiger partial charge in [-0.3, -0.25) is 0 Å². The molecule has 0 radical (unpaired) electrons. The Kier molecular flexibility index (Phi) is 9.60. The van der Waals surface area contributed by atoms with Crippen molar-refractivity contribution in [2.24, 2.45) is 0 Å². The topological polar surface area (TPSA) is 36.9 Å². The van der Waals surface area contributed by atoms with E-state index in [1.165, 1.54) is 0 Å². The molecule has 5 heteroatoms. The summed E-state index contributed by atoms with van der Waals surface area (Å²) in [5, 5.41) is 0. The maximum absolute atomic E-state index is 6.57. The quantitative estimate of drug-likeness (QED) is 0.326. The molecule has 0 aromatic heterocycles. The maximum atomic E-state index is 6.57. The molecule has 0 saturated carbocycles. The molecule has 5 atom stereocenters. The van der Waals surface area contributed by atoms with Crippen molar-refractivity contribution in [2.45, 2.75) is 63.5 Å². The average molecular weight is 479 g/mol. The molecule has 1 unspecified atom stereocenters. The summed E-state index contributed by atoms with van der Waals surface area (Å²) in [6.45, 7) is 5.72. The van der Waals surface area contributed by atoms with Gasteiger partial charge >= 0.3 is 0 Å². The first-order chi connectivity index (χ1) is 16.7. The Morgan fingerprint density at radius 2 is 1.03 bits per heavy atom.